The van der Waals surface area contributed by atoms with Crippen molar-refractivity contribution in [3.63, 3.8) is 0 Å². The van der Waals surface area contributed by atoms with Crippen LogP contribution < -0.4 is 5.32 Å². The van der Waals surface area contributed by atoms with Gasteiger partial charge in [0.25, 0.3) is 5.91 Å². The molecule has 5 heteroatoms. The third-order valence-corrected chi connectivity index (χ3v) is 4.55. The van der Waals surface area contributed by atoms with Crippen molar-refractivity contribution in [1.82, 2.24) is 0 Å². The number of benzene rings is 2. The van der Waals surface area contributed by atoms with E-state index in [1.165, 1.54) is 0 Å². The Morgan fingerprint density at radius 2 is 1.70 bits per heavy atom. The van der Waals surface area contributed by atoms with Crippen LogP contribution in [0, 0.1) is 0 Å². The number of nitrogens with one attached hydrogen (secondary N) is 1. The second-order valence-electron chi connectivity index (χ2n) is 4.23. The molecule has 2 nitrogen and oxygen atoms in total. The maximum atomic E-state index is 12.4. The van der Waals surface area contributed by atoms with Crippen molar-refractivity contribution >= 4 is 59.4 Å². The largest absolute Gasteiger partial charge is 0.322 e. The van der Waals surface area contributed by atoms with Crippen LogP contribution in [0.25, 0.3) is 0 Å². The molecule has 0 atom stereocenters. The second kappa shape index (κ2) is 6.87. The Bertz CT molecular complexity index is 656. The van der Waals surface area contributed by atoms with E-state index in [1.54, 1.807) is 6.07 Å². The third-order valence-electron chi connectivity index (χ3n) is 2.87. The summed E-state index contributed by atoms with van der Waals surface area (Å²) in [5.41, 5.74) is 2.54. The highest BCUT2D eigenvalue weighted by molar-refractivity contribution is 9.11. The van der Waals surface area contributed by atoms with E-state index in [0.717, 1.165) is 31.1 Å². The summed E-state index contributed by atoms with van der Waals surface area (Å²) >= 11 is 10.2. The Hall–Kier alpha value is -0.650. The zero-order chi connectivity index (χ0) is 14.7. The molecule has 0 unspecified atom stereocenters. The number of hydrogen-bond donors (Lipinski definition) is 1. The average molecular weight is 462 g/mol. The third kappa shape index (κ3) is 3.71. The first-order valence-corrected chi connectivity index (χ1v) is 8.44. The van der Waals surface area contributed by atoms with E-state index in [2.05, 4.69) is 60.0 Å². The lowest BCUT2D eigenvalue weighted by atomic mass is 10.1. The van der Waals surface area contributed by atoms with Crippen LogP contribution in [0.1, 0.15) is 22.8 Å². The zero-order valence-corrected chi connectivity index (χ0v) is 15.5. The van der Waals surface area contributed by atoms with Gasteiger partial charge in [-0.05, 0) is 64.3 Å². The van der Waals surface area contributed by atoms with Crippen LogP contribution in [0.4, 0.5) is 5.69 Å². The van der Waals surface area contributed by atoms with Gasteiger partial charge < -0.3 is 5.32 Å². The van der Waals surface area contributed by atoms with Gasteiger partial charge in [-0.3, -0.25) is 4.79 Å². The number of hydrogen-bond acceptors (Lipinski definition) is 1. The summed E-state index contributed by atoms with van der Waals surface area (Å²) in [5, 5.41) is 2.96. The molecule has 20 heavy (non-hydrogen) atoms. The summed E-state index contributed by atoms with van der Waals surface area (Å²) in [5.74, 6) is -0.129. The Morgan fingerprint density at radius 1 is 1.05 bits per heavy atom. The highest BCUT2D eigenvalue weighted by atomic mass is 79.9. The Kier molecular flexibility index (Phi) is 5.41. The van der Waals surface area contributed by atoms with Crippen molar-refractivity contribution in [2.75, 3.05) is 5.32 Å². The Balaban J connectivity index is 2.30. The van der Waals surface area contributed by atoms with E-state index in [-0.39, 0.29) is 5.91 Å². The molecule has 1 N–H and O–H groups in total. The molecule has 2 rings (SSSR count). The Morgan fingerprint density at radius 3 is 2.40 bits per heavy atom. The fourth-order valence-electron chi connectivity index (χ4n) is 1.84. The smallest absolute Gasteiger partial charge is 0.256 e. The lowest BCUT2D eigenvalue weighted by Crippen LogP contribution is -2.14. The highest BCUT2D eigenvalue weighted by Crippen LogP contribution is 2.25. The average Bonchev–Trinajstić information content (AvgIpc) is 2.43. The second-order valence-corrected chi connectivity index (χ2v) is 6.92. The van der Waals surface area contributed by atoms with Crippen molar-refractivity contribution in [2.24, 2.45) is 0 Å². The van der Waals surface area contributed by atoms with Crippen molar-refractivity contribution < 1.29 is 4.79 Å². The van der Waals surface area contributed by atoms with Gasteiger partial charge in [0.15, 0.2) is 0 Å². The number of carbonyl (C=O) groups excluding carboxylic acids is 1. The van der Waals surface area contributed by atoms with E-state index in [0.29, 0.717) is 5.56 Å². The first kappa shape index (κ1) is 15.7. The van der Waals surface area contributed by atoms with E-state index < -0.39 is 0 Å². The molecule has 2 aromatic rings. The highest BCUT2D eigenvalue weighted by Gasteiger charge is 2.12. The van der Waals surface area contributed by atoms with Gasteiger partial charge in [-0.2, -0.15) is 0 Å². The van der Waals surface area contributed by atoms with E-state index >= 15 is 0 Å². The quantitative estimate of drug-likeness (QED) is 0.616. The molecule has 0 aromatic heterocycles. The van der Waals surface area contributed by atoms with E-state index in [1.807, 2.05) is 30.3 Å². The molecule has 0 aliphatic rings. The minimum absolute atomic E-state index is 0.129. The van der Waals surface area contributed by atoms with Crippen LogP contribution in [0.15, 0.2) is 49.8 Å². The molecule has 0 spiro atoms. The maximum absolute atomic E-state index is 12.4. The maximum Gasteiger partial charge on any atom is 0.256 e. The minimum atomic E-state index is -0.129. The van der Waals surface area contributed by atoms with Gasteiger partial charge in [-0.15, -0.1) is 0 Å². The molecule has 104 valence electrons. The monoisotopic (exact) mass is 459 g/mol. The van der Waals surface area contributed by atoms with Gasteiger partial charge in [-0.1, -0.05) is 38.8 Å². The molecule has 0 radical (unpaired) electrons. The summed E-state index contributed by atoms with van der Waals surface area (Å²) in [7, 11) is 0. The molecule has 0 heterocycles. The predicted molar refractivity (Wildman–Crippen MR) is 93.3 cm³/mol. The summed E-state index contributed by atoms with van der Waals surface area (Å²) in [6, 6.07) is 11.4. The van der Waals surface area contributed by atoms with Gasteiger partial charge >= 0.3 is 0 Å². The number of amides is 1. The van der Waals surface area contributed by atoms with Gasteiger partial charge in [-0.25, -0.2) is 0 Å². The number of halogens is 3. The molecular formula is C15H12Br3NO. The van der Waals surface area contributed by atoms with Crippen molar-refractivity contribution in [3.05, 3.63) is 60.9 Å². The summed E-state index contributed by atoms with van der Waals surface area (Å²) in [4.78, 5) is 12.4. The molecule has 0 aliphatic carbocycles. The molecule has 0 bridgehead atoms. The lowest BCUT2D eigenvalue weighted by Gasteiger charge is -2.11. The van der Waals surface area contributed by atoms with Crippen LogP contribution in [0.3, 0.4) is 0 Å². The fourth-order valence-corrected chi connectivity index (χ4v) is 3.03. The van der Waals surface area contributed by atoms with Crippen molar-refractivity contribution in [2.45, 2.75) is 13.3 Å². The first-order valence-electron chi connectivity index (χ1n) is 6.06. The van der Waals surface area contributed by atoms with E-state index in [9.17, 15) is 4.79 Å². The number of anilines is 1. The van der Waals surface area contributed by atoms with Crippen LogP contribution in [-0.4, -0.2) is 5.91 Å². The van der Waals surface area contributed by atoms with Crippen LogP contribution >= 0.6 is 47.8 Å². The summed E-state index contributed by atoms with van der Waals surface area (Å²) in [6.07, 6.45) is 0.856. The Labute approximate surface area is 143 Å². The van der Waals surface area contributed by atoms with Gasteiger partial charge in [0.1, 0.15) is 0 Å². The lowest BCUT2D eigenvalue weighted by molar-refractivity contribution is 0.102. The standard InChI is InChI=1S/C15H12Br3NO/c1-2-9-7-10(16)4-6-14(9)19-15(20)12-8-11(17)3-5-13(12)18/h3-8H,2H2,1H3,(H,19,20). The van der Waals surface area contributed by atoms with Gasteiger partial charge in [0.05, 0.1) is 5.56 Å². The molecule has 1 amide bonds. The van der Waals surface area contributed by atoms with Crippen molar-refractivity contribution in [1.29, 1.82) is 0 Å². The summed E-state index contributed by atoms with van der Waals surface area (Å²) < 4.78 is 2.65. The molecule has 2 aromatic carbocycles. The number of carbonyl (C=O) groups is 1. The normalized spacial score (nSPS) is 10.4. The van der Waals surface area contributed by atoms with E-state index in [4.69, 9.17) is 0 Å². The fraction of sp³-hybridized carbons (Fsp3) is 0.133. The molecular weight excluding hydrogens is 450 g/mol. The van der Waals surface area contributed by atoms with Gasteiger partial charge in [0, 0.05) is 19.1 Å². The number of aryl methyl sites for hydroxylation is 1. The molecule has 0 saturated heterocycles. The molecule has 0 aliphatic heterocycles. The topological polar surface area (TPSA) is 29.1 Å². The van der Waals surface area contributed by atoms with Crippen LogP contribution in [0.5, 0.6) is 0 Å². The van der Waals surface area contributed by atoms with Crippen LogP contribution in [-0.2, 0) is 6.42 Å². The predicted octanol–water partition coefficient (Wildman–Crippen LogP) is 5.79. The zero-order valence-electron chi connectivity index (χ0n) is 10.7. The van der Waals surface area contributed by atoms with Crippen LogP contribution in [0.2, 0.25) is 0 Å². The molecule has 0 fully saturated rings. The van der Waals surface area contributed by atoms with Crippen molar-refractivity contribution in [3.8, 4) is 0 Å². The SMILES string of the molecule is CCc1cc(Br)ccc1NC(=O)c1cc(Br)ccc1Br. The summed E-state index contributed by atoms with van der Waals surface area (Å²) in [6.45, 7) is 2.06. The molecule has 0 saturated carbocycles. The first-order chi connectivity index (χ1) is 9.51. The van der Waals surface area contributed by atoms with Gasteiger partial charge in [0.2, 0.25) is 0 Å². The number of rotatable bonds is 3. The minimum Gasteiger partial charge on any atom is -0.322 e.